The molecule has 0 unspecified atom stereocenters. The third-order valence-corrected chi connectivity index (χ3v) is 1.07. The van der Waals surface area contributed by atoms with E-state index in [1.807, 2.05) is 0 Å². The molecule has 0 saturated heterocycles. The van der Waals surface area contributed by atoms with Crippen LogP contribution < -0.4 is 0 Å². The van der Waals surface area contributed by atoms with Gasteiger partial charge in [-0.2, -0.15) is 5.57 Å². The minimum atomic E-state index is -0.0741. The number of hydrogen-bond acceptors (Lipinski definition) is 1. The first-order valence-electron chi connectivity index (χ1n) is 2.38. The van der Waals surface area contributed by atoms with Gasteiger partial charge in [-0.1, -0.05) is 12.2 Å². The Morgan fingerprint density at radius 1 is 0.882 bits per heavy atom. The molecule has 0 fully saturated rings. The monoisotopic (exact) mass is 906 g/mol. The van der Waals surface area contributed by atoms with Gasteiger partial charge in [0, 0.05) is 294 Å². The second kappa shape index (κ2) is 36.0. The average Bonchev–Trinajstić information content (AvgIpc) is 1.85. The molecule has 0 aromatic heterocycles. The molecule has 0 amide bonds. The van der Waals surface area contributed by atoms with E-state index in [9.17, 15) is 4.79 Å². The molecular weight excluding hydrogens is 900 g/mol. The smallest absolute Gasteiger partial charge is 0 e. The Bertz CT molecular complexity index is 192. The summed E-state index contributed by atoms with van der Waals surface area (Å²) in [6.45, 7) is 8.82. The molecule has 17 heavy (non-hydrogen) atoms. The van der Waals surface area contributed by atoms with Gasteiger partial charge in [0.05, 0.1) is 0 Å². The Labute approximate surface area is 331 Å². The van der Waals surface area contributed by atoms with Crippen LogP contribution in [-0.4, -0.2) is 5.78 Å². The van der Waals surface area contributed by atoms with Gasteiger partial charge >= 0.3 is 0 Å². The van der Waals surface area contributed by atoms with Gasteiger partial charge in [-0.15, -0.1) is 0 Å². The molecule has 0 N–H and O–H groups in total. The van der Waals surface area contributed by atoms with Crippen LogP contribution in [0.2, 0.25) is 0 Å². The molecule has 0 aromatic carbocycles. The summed E-state index contributed by atoms with van der Waals surface area (Å²) >= 11 is 0. The summed E-state index contributed by atoms with van der Waals surface area (Å²) in [6, 6.07) is 0. The molecule has 0 heterocycles. The van der Waals surface area contributed by atoms with E-state index < -0.39 is 0 Å². The van der Waals surface area contributed by atoms with Crippen molar-refractivity contribution in [2.75, 3.05) is 0 Å². The van der Waals surface area contributed by atoms with Crippen LogP contribution in [0.4, 0.5) is 0 Å². The van der Waals surface area contributed by atoms with E-state index in [4.69, 9.17) is 6.58 Å². The largest absolute Gasteiger partial charge is 0.422 e. The molecule has 0 aromatic rings. The zero-order valence-electron chi connectivity index (χ0n) is 9.67. The van der Waals surface area contributed by atoms with Crippen LogP contribution in [0.3, 0.4) is 0 Å². The first-order chi connectivity index (χ1) is 3.70. The van der Waals surface area contributed by atoms with Crippen LogP contribution >= 0.6 is 0 Å². The summed E-state index contributed by atoms with van der Waals surface area (Å²) in [5, 5.41) is 0. The SMILES string of the molecule is [CH-]=C1CC([CH2-])=CC1=O.[Y].[Y].[Y].[Y].[Y].[Y].[Y].[Y].[Y]. The van der Waals surface area contributed by atoms with Crippen LogP contribution in [0, 0.1) is 13.5 Å². The molecule has 1 aliphatic rings. The zero-order valence-corrected chi connectivity index (χ0v) is 35.2. The van der Waals surface area contributed by atoms with Crippen molar-refractivity contribution < 1.29 is 299 Å². The second-order valence-electron chi connectivity index (χ2n) is 1.87. The van der Waals surface area contributed by atoms with E-state index in [1.165, 1.54) is 6.08 Å². The molecule has 1 nitrogen and oxygen atoms in total. The van der Waals surface area contributed by atoms with Crippen molar-refractivity contribution >= 4 is 5.78 Å². The molecule has 0 aliphatic heterocycles. The minimum Gasteiger partial charge on any atom is -0.422 e. The van der Waals surface area contributed by atoms with E-state index in [0.717, 1.165) is 5.57 Å². The van der Waals surface area contributed by atoms with Crippen molar-refractivity contribution in [2.45, 2.75) is 6.42 Å². The van der Waals surface area contributed by atoms with E-state index in [-0.39, 0.29) is 300 Å². The van der Waals surface area contributed by atoms with Gasteiger partial charge in [0.15, 0.2) is 0 Å². The van der Waals surface area contributed by atoms with E-state index in [2.05, 4.69) is 6.92 Å². The van der Waals surface area contributed by atoms with Crippen LogP contribution in [-0.2, 0) is 299 Å². The van der Waals surface area contributed by atoms with Gasteiger partial charge in [-0.05, 0) is 0 Å². The summed E-state index contributed by atoms with van der Waals surface area (Å²) in [4.78, 5) is 10.5. The number of allylic oxidation sites excluding steroid dienone is 3. The Balaban J connectivity index is -0.0000000102. The van der Waals surface area contributed by atoms with Gasteiger partial charge in [-0.3, -0.25) is 6.58 Å². The van der Waals surface area contributed by atoms with Crippen LogP contribution in [0.5, 0.6) is 0 Å². The third kappa shape index (κ3) is 29.9. The van der Waals surface area contributed by atoms with Gasteiger partial charge in [0.2, 0.25) is 0 Å². The van der Waals surface area contributed by atoms with E-state index >= 15 is 0 Å². The molecule has 9 radical (unpaired) electrons. The molecular formula is C7H6OY9-2. The molecule has 10 heteroatoms. The molecule has 1 aliphatic carbocycles. The normalized spacial score (nSPS) is 9.06. The fourth-order valence-electron chi connectivity index (χ4n) is 0.661. The van der Waals surface area contributed by atoms with Gasteiger partial charge in [0.25, 0.3) is 0 Å². The van der Waals surface area contributed by atoms with Crippen molar-refractivity contribution in [3.8, 4) is 0 Å². The summed E-state index contributed by atoms with van der Waals surface area (Å²) in [7, 11) is 0. The number of rotatable bonds is 0. The summed E-state index contributed by atoms with van der Waals surface area (Å²) in [6.07, 6.45) is 2.02. The fourth-order valence-corrected chi connectivity index (χ4v) is 0.661. The molecule has 0 spiro atoms. The topological polar surface area (TPSA) is 17.1 Å². The average molecular weight is 906 g/mol. The van der Waals surface area contributed by atoms with E-state index in [0.29, 0.717) is 12.0 Å². The van der Waals surface area contributed by atoms with Crippen LogP contribution in [0.1, 0.15) is 6.42 Å². The second-order valence-corrected chi connectivity index (χ2v) is 1.87. The minimum absolute atomic E-state index is 0. The Kier molecular flexibility index (Phi) is 119. The summed E-state index contributed by atoms with van der Waals surface area (Å²) < 4.78 is 0. The predicted molar refractivity (Wildman–Crippen MR) is 30.9 cm³/mol. The summed E-state index contributed by atoms with van der Waals surface area (Å²) in [5.74, 6) is -0.0741. The van der Waals surface area contributed by atoms with Crippen LogP contribution in [0.25, 0.3) is 0 Å². The Morgan fingerprint density at radius 3 is 1.24 bits per heavy atom. The Morgan fingerprint density at radius 2 is 1.18 bits per heavy atom. The number of carbonyl (C=O) groups is 1. The van der Waals surface area contributed by atoms with Crippen molar-refractivity contribution in [1.82, 2.24) is 0 Å². The van der Waals surface area contributed by atoms with Crippen molar-refractivity contribution in [3.05, 3.63) is 30.7 Å². The first kappa shape index (κ1) is 56.2. The molecule has 0 saturated carbocycles. The zero-order chi connectivity index (χ0) is 6.15. The standard InChI is InChI=1S/C7H6O.9Y/c1-5-3-6(2)7(8)4-5;;;;;;;;;/h2,4H,1,3H2;;;;;;;;;/q-2;;;;;;;;;. The third-order valence-electron chi connectivity index (χ3n) is 1.07. The number of hydrogen-bond donors (Lipinski definition) is 0. The molecule has 0 bridgehead atoms. The molecule has 1 rings (SSSR count). The van der Waals surface area contributed by atoms with Gasteiger partial charge in [0.1, 0.15) is 0 Å². The van der Waals surface area contributed by atoms with E-state index in [1.54, 1.807) is 0 Å². The van der Waals surface area contributed by atoms with Gasteiger partial charge < -0.3 is 4.79 Å². The maximum atomic E-state index is 10.5. The Hall–Kier alpha value is 8.96. The van der Waals surface area contributed by atoms with Crippen molar-refractivity contribution in [1.29, 1.82) is 0 Å². The summed E-state index contributed by atoms with van der Waals surface area (Å²) in [5.41, 5.74) is 1.22. The quantitative estimate of drug-likeness (QED) is 0.263. The molecule has 69 valence electrons. The fraction of sp³-hybridized carbons (Fsp3) is 0.143. The van der Waals surface area contributed by atoms with Crippen molar-refractivity contribution in [3.63, 3.8) is 0 Å². The van der Waals surface area contributed by atoms with Gasteiger partial charge in [-0.25, -0.2) is 18.6 Å². The van der Waals surface area contributed by atoms with Crippen molar-refractivity contribution in [2.24, 2.45) is 0 Å². The van der Waals surface area contributed by atoms with Crippen LogP contribution in [0.15, 0.2) is 17.2 Å². The number of carbonyl (C=O) groups excluding carboxylic acids is 1. The first-order valence-corrected chi connectivity index (χ1v) is 2.38. The predicted octanol–water partition coefficient (Wildman–Crippen LogP) is 1.06. The number of ketones is 1. The maximum Gasteiger partial charge on any atom is 0 e. The molecule has 0 atom stereocenters. The maximum absolute atomic E-state index is 10.5.